The molecule has 1 N–H and O–H groups in total. The van der Waals surface area contributed by atoms with E-state index >= 15 is 0 Å². The van der Waals surface area contributed by atoms with Crippen LogP contribution in [0.1, 0.15) is 43.0 Å². The molecule has 1 aromatic heterocycles. The van der Waals surface area contributed by atoms with Crippen molar-refractivity contribution in [3.63, 3.8) is 0 Å². The molecule has 0 aliphatic carbocycles. The SMILES string of the molecule is CNC(C)C(=O)N1CCc2c(ccc(-c3noc(-c4ccc(OC(C)C)c(C#N)c4)n3)c2C)C1.Cl. The molecule has 9 heteroatoms. The molecule has 4 rings (SSSR count). The molecule has 0 spiro atoms. The first-order chi connectivity index (χ1) is 16.3. The van der Waals surface area contributed by atoms with Gasteiger partial charge in [-0.2, -0.15) is 10.2 Å². The van der Waals surface area contributed by atoms with Crippen molar-refractivity contribution < 1.29 is 14.1 Å². The van der Waals surface area contributed by atoms with Gasteiger partial charge in [-0.1, -0.05) is 17.3 Å². The van der Waals surface area contributed by atoms with Crippen LogP contribution >= 0.6 is 12.4 Å². The lowest BCUT2D eigenvalue weighted by Crippen LogP contribution is -2.45. The fourth-order valence-electron chi connectivity index (χ4n) is 4.23. The lowest BCUT2D eigenvalue weighted by Gasteiger charge is -2.32. The largest absolute Gasteiger partial charge is 0.490 e. The third-order valence-electron chi connectivity index (χ3n) is 6.18. The Kier molecular flexibility index (Phi) is 8.15. The van der Waals surface area contributed by atoms with Crippen LogP contribution in [0.2, 0.25) is 0 Å². The zero-order valence-corrected chi connectivity index (χ0v) is 21.4. The number of carbonyl (C=O) groups is 1. The van der Waals surface area contributed by atoms with E-state index in [9.17, 15) is 10.1 Å². The first kappa shape index (κ1) is 26.2. The number of likely N-dealkylation sites (N-methyl/N-ethyl adjacent to an activating group) is 1. The highest BCUT2D eigenvalue weighted by atomic mass is 35.5. The zero-order valence-electron chi connectivity index (χ0n) is 20.6. The number of amides is 1. The van der Waals surface area contributed by atoms with Gasteiger partial charge in [-0.15, -0.1) is 12.4 Å². The Hall–Kier alpha value is -3.41. The molecule has 2 aromatic carbocycles. The summed E-state index contributed by atoms with van der Waals surface area (Å²) in [7, 11) is 1.80. The molecule has 184 valence electrons. The molecule has 0 bridgehead atoms. The molecule has 0 saturated heterocycles. The van der Waals surface area contributed by atoms with Gasteiger partial charge in [0, 0.05) is 24.2 Å². The van der Waals surface area contributed by atoms with E-state index in [1.54, 1.807) is 19.2 Å². The highest BCUT2D eigenvalue weighted by molar-refractivity contribution is 5.85. The Morgan fingerprint density at radius 3 is 2.71 bits per heavy atom. The number of benzene rings is 2. The van der Waals surface area contributed by atoms with E-state index < -0.39 is 0 Å². The molecule has 2 heterocycles. The monoisotopic (exact) mass is 495 g/mol. The molecule has 1 unspecified atom stereocenters. The Morgan fingerprint density at radius 2 is 2.03 bits per heavy atom. The summed E-state index contributed by atoms with van der Waals surface area (Å²) in [5.74, 6) is 1.48. The third kappa shape index (κ3) is 5.31. The fraction of sp³-hybridized carbons (Fsp3) is 0.385. The van der Waals surface area contributed by atoms with Crippen LogP contribution in [-0.2, 0) is 17.8 Å². The highest BCUT2D eigenvalue weighted by Crippen LogP contribution is 2.32. The van der Waals surface area contributed by atoms with E-state index in [0.717, 1.165) is 23.1 Å². The molecule has 0 saturated carbocycles. The summed E-state index contributed by atoms with van der Waals surface area (Å²) in [5, 5.41) is 16.7. The van der Waals surface area contributed by atoms with Gasteiger partial charge in [-0.3, -0.25) is 4.79 Å². The third-order valence-corrected chi connectivity index (χ3v) is 6.18. The summed E-state index contributed by atoms with van der Waals surface area (Å²) >= 11 is 0. The smallest absolute Gasteiger partial charge is 0.258 e. The summed E-state index contributed by atoms with van der Waals surface area (Å²) in [6.07, 6.45) is 0.752. The summed E-state index contributed by atoms with van der Waals surface area (Å²) in [6.45, 7) is 9.05. The molecule has 0 radical (unpaired) electrons. The molecule has 0 fully saturated rings. The van der Waals surface area contributed by atoms with Gasteiger partial charge >= 0.3 is 0 Å². The molecule has 1 amide bonds. The van der Waals surface area contributed by atoms with E-state index in [2.05, 4.69) is 28.5 Å². The normalized spacial score (nSPS) is 13.6. The van der Waals surface area contributed by atoms with Gasteiger partial charge in [0.05, 0.1) is 17.7 Å². The van der Waals surface area contributed by atoms with E-state index in [1.807, 2.05) is 43.9 Å². The number of hydrogen-bond donors (Lipinski definition) is 1. The minimum Gasteiger partial charge on any atom is -0.490 e. The number of nitrogens with one attached hydrogen (secondary N) is 1. The maximum Gasteiger partial charge on any atom is 0.258 e. The number of fused-ring (bicyclic) bond motifs is 1. The Morgan fingerprint density at radius 1 is 1.26 bits per heavy atom. The summed E-state index contributed by atoms with van der Waals surface area (Å²) < 4.78 is 11.2. The fourth-order valence-corrected chi connectivity index (χ4v) is 4.23. The molecular formula is C26H30ClN5O3. The van der Waals surface area contributed by atoms with E-state index in [-0.39, 0.29) is 30.5 Å². The number of halogens is 1. The second kappa shape index (κ2) is 10.9. The van der Waals surface area contributed by atoms with Crippen molar-refractivity contribution in [2.75, 3.05) is 13.6 Å². The average molecular weight is 496 g/mol. The second-order valence-corrected chi connectivity index (χ2v) is 8.81. The maximum absolute atomic E-state index is 12.6. The average Bonchev–Trinajstić information content (AvgIpc) is 3.33. The zero-order chi connectivity index (χ0) is 24.4. The van der Waals surface area contributed by atoms with Gasteiger partial charge in [-0.25, -0.2) is 0 Å². The van der Waals surface area contributed by atoms with Crippen molar-refractivity contribution in [1.29, 1.82) is 5.26 Å². The van der Waals surface area contributed by atoms with Crippen LogP contribution in [-0.4, -0.2) is 46.7 Å². The van der Waals surface area contributed by atoms with E-state index in [4.69, 9.17) is 9.26 Å². The van der Waals surface area contributed by atoms with Crippen LogP contribution < -0.4 is 10.1 Å². The lowest BCUT2D eigenvalue weighted by atomic mass is 9.91. The van der Waals surface area contributed by atoms with Crippen LogP contribution in [0, 0.1) is 18.3 Å². The molecular weight excluding hydrogens is 466 g/mol. The lowest BCUT2D eigenvalue weighted by molar-refractivity contribution is -0.133. The van der Waals surface area contributed by atoms with Crippen LogP contribution in [0.25, 0.3) is 22.8 Å². The van der Waals surface area contributed by atoms with Gasteiger partial charge in [0.25, 0.3) is 5.89 Å². The summed E-state index contributed by atoms with van der Waals surface area (Å²) in [6, 6.07) is 11.3. The van der Waals surface area contributed by atoms with Gasteiger partial charge in [-0.05, 0) is 76.1 Å². The molecule has 8 nitrogen and oxygen atoms in total. The van der Waals surface area contributed by atoms with Crippen molar-refractivity contribution in [2.45, 2.75) is 52.8 Å². The second-order valence-electron chi connectivity index (χ2n) is 8.81. The minimum absolute atomic E-state index is 0. The first-order valence-electron chi connectivity index (χ1n) is 11.4. The van der Waals surface area contributed by atoms with Crippen LogP contribution in [0.15, 0.2) is 34.9 Å². The quantitative estimate of drug-likeness (QED) is 0.544. The standard InChI is InChI=1S/C26H29N5O3.ClH/c1-15(2)33-23-9-7-18(12-20(23)13-27)25-29-24(30-34-25)22-8-6-19-14-31(26(32)17(4)28-5)11-10-21(19)16(22)3;/h6-9,12,15,17,28H,10-11,14H2,1-5H3;1H. The Balaban J connectivity index is 0.00000342. The minimum atomic E-state index is -0.202. The van der Waals surface area contributed by atoms with Crippen molar-refractivity contribution >= 4 is 18.3 Å². The molecule has 3 aromatic rings. The topological polar surface area (TPSA) is 104 Å². The molecule has 1 atom stereocenters. The number of nitriles is 1. The van der Waals surface area contributed by atoms with Crippen molar-refractivity contribution in [3.05, 3.63) is 52.6 Å². The number of carbonyl (C=O) groups excluding carboxylic acids is 1. The van der Waals surface area contributed by atoms with Crippen LogP contribution in [0.4, 0.5) is 0 Å². The summed E-state index contributed by atoms with van der Waals surface area (Å²) in [4.78, 5) is 19.1. The maximum atomic E-state index is 12.6. The van der Waals surface area contributed by atoms with E-state index in [1.165, 1.54) is 5.56 Å². The Labute approximate surface area is 211 Å². The predicted octanol–water partition coefficient (Wildman–Crippen LogP) is 4.29. The van der Waals surface area contributed by atoms with Crippen molar-refractivity contribution in [3.8, 4) is 34.7 Å². The molecule has 1 aliphatic rings. The van der Waals surface area contributed by atoms with Crippen LogP contribution in [0.3, 0.4) is 0 Å². The van der Waals surface area contributed by atoms with Gasteiger partial charge in [0.1, 0.15) is 11.8 Å². The number of nitrogens with zero attached hydrogens (tertiary/aromatic N) is 4. The molecule has 35 heavy (non-hydrogen) atoms. The number of rotatable bonds is 6. The first-order valence-corrected chi connectivity index (χ1v) is 11.4. The van der Waals surface area contributed by atoms with Crippen molar-refractivity contribution in [2.24, 2.45) is 0 Å². The number of ether oxygens (including phenoxy) is 1. The summed E-state index contributed by atoms with van der Waals surface area (Å²) in [5.41, 5.74) is 5.45. The molecule has 1 aliphatic heterocycles. The number of hydrogen-bond acceptors (Lipinski definition) is 7. The van der Waals surface area contributed by atoms with Crippen molar-refractivity contribution in [1.82, 2.24) is 20.4 Å². The van der Waals surface area contributed by atoms with Gasteiger partial charge < -0.3 is 19.5 Å². The predicted molar refractivity (Wildman–Crippen MR) is 135 cm³/mol. The highest BCUT2D eigenvalue weighted by Gasteiger charge is 2.26. The van der Waals surface area contributed by atoms with Gasteiger partial charge in [0.15, 0.2) is 0 Å². The Bertz CT molecular complexity index is 1260. The number of aromatic nitrogens is 2. The van der Waals surface area contributed by atoms with E-state index in [0.29, 0.717) is 41.7 Å². The van der Waals surface area contributed by atoms with Gasteiger partial charge in [0.2, 0.25) is 11.7 Å². The van der Waals surface area contributed by atoms with Crippen LogP contribution in [0.5, 0.6) is 5.75 Å².